The molecule has 2 aromatic rings. The molecule has 0 radical (unpaired) electrons. The minimum Gasteiger partial charge on any atom is -0.343 e. The molecule has 0 atom stereocenters. The van der Waals surface area contributed by atoms with Gasteiger partial charge < -0.3 is 10.6 Å². The normalized spacial score (nSPS) is 10.5. The molecule has 0 aliphatic carbocycles. The van der Waals surface area contributed by atoms with Crippen LogP contribution < -0.4 is 5.73 Å². The highest BCUT2D eigenvalue weighted by atomic mass is 16.2. The SMILES string of the molecule is Cc1ccc(CN)c(-n2ccc(C(=O)N(C)C)n2)n1. The first-order valence-corrected chi connectivity index (χ1v) is 5.97. The zero-order valence-corrected chi connectivity index (χ0v) is 11.3. The highest BCUT2D eigenvalue weighted by Crippen LogP contribution is 2.12. The summed E-state index contributed by atoms with van der Waals surface area (Å²) in [5.74, 6) is 0.529. The predicted octanol–water partition coefficient (Wildman–Crippen LogP) is 0.736. The van der Waals surface area contributed by atoms with Crippen molar-refractivity contribution in [3.05, 3.63) is 41.3 Å². The van der Waals surface area contributed by atoms with E-state index in [4.69, 9.17) is 5.73 Å². The Labute approximate surface area is 111 Å². The molecule has 19 heavy (non-hydrogen) atoms. The van der Waals surface area contributed by atoms with E-state index in [0.717, 1.165) is 11.3 Å². The second kappa shape index (κ2) is 5.19. The van der Waals surface area contributed by atoms with Gasteiger partial charge in [-0.15, -0.1) is 0 Å². The maximum atomic E-state index is 11.8. The van der Waals surface area contributed by atoms with Crippen LogP contribution in [-0.2, 0) is 6.54 Å². The van der Waals surface area contributed by atoms with Gasteiger partial charge in [0, 0.05) is 38.1 Å². The van der Waals surface area contributed by atoms with Crippen LogP contribution in [-0.4, -0.2) is 39.7 Å². The highest BCUT2D eigenvalue weighted by Gasteiger charge is 2.13. The summed E-state index contributed by atoms with van der Waals surface area (Å²) in [6, 6.07) is 5.50. The molecule has 6 nitrogen and oxygen atoms in total. The first-order valence-electron chi connectivity index (χ1n) is 5.97. The minimum absolute atomic E-state index is 0.138. The van der Waals surface area contributed by atoms with Gasteiger partial charge in [0.2, 0.25) is 0 Å². The Kier molecular flexibility index (Phi) is 3.62. The average Bonchev–Trinajstić information content (AvgIpc) is 2.87. The van der Waals surface area contributed by atoms with Crippen molar-refractivity contribution in [3.63, 3.8) is 0 Å². The summed E-state index contributed by atoms with van der Waals surface area (Å²) in [6.07, 6.45) is 1.72. The number of hydrogen-bond donors (Lipinski definition) is 1. The Hall–Kier alpha value is -2.21. The molecule has 0 aliphatic rings. The standard InChI is InChI=1S/C13H17N5O/c1-9-4-5-10(8-14)12(15-9)18-7-6-11(16-18)13(19)17(2)3/h4-7H,8,14H2,1-3H3. The molecule has 2 rings (SSSR count). The van der Waals surface area contributed by atoms with Gasteiger partial charge in [-0.25, -0.2) is 9.67 Å². The van der Waals surface area contributed by atoms with Gasteiger partial charge in [0.25, 0.3) is 5.91 Å². The van der Waals surface area contributed by atoms with Gasteiger partial charge in [0.15, 0.2) is 11.5 Å². The van der Waals surface area contributed by atoms with E-state index in [1.807, 2.05) is 19.1 Å². The van der Waals surface area contributed by atoms with Crippen LogP contribution in [0, 0.1) is 6.92 Å². The zero-order valence-electron chi connectivity index (χ0n) is 11.3. The second-order valence-electron chi connectivity index (χ2n) is 4.48. The lowest BCUT2D eigenvalue weighted by Gasteiger charge is -2.09. The fraction of sp³-hybridized carbons (Fsp3) is 0.308. The Balaban J connectivity index is 2.43. The fourth-order valence-electron chi connectivity index (χ4n) is 1.71. The van der Waals surface area contributed by atoms with Crippen molar-refractivity contribution in [2.75, 3.05) is 14.1 Å². The van der Waals surface area contributed by atoms with Crippen molar-refractivity contribution in [2.24, 2.45) is 5.73 Å². The predicted molar refractivity (Wildman–Crippen MR) is 72.0 cm³/mol. The second-order valence-corrected chi connectivity index (χ2v) is 4.48. The van der Waals surface area contributed by atoms with Crippen molar-refractivity contribution >= 4 is 5.91 Å². The molecule has 6 heteroatoms. The van der Waals surface area contributed by atoms with Crippen LogP contribution in [0.4, 0.5) is 0 Å². The number of carbonyl (C=O) groups excluding carboxylic acids is 1. The van der Waals surface area contributed by atoms with Gasteiger partial charge in [-0.3, -0.25) is 4.79 Å². The molecule has 100 valence electrons. The van der Waals surface area contributed by atoms with E-state index >= 15 is 0 Å². The molecule has 0 saturated heterocycles. The summed E-state index contributed by atoms with van der Waals surface area (Å²) in [5.41, 5.74) is 7.85. The van der Waals surface area contributed by atoms with Crippen LogP contribution in [0.1, 0.15) is 21.7 Å². The van der Waals surface area contributed by atoms with Crippen LogP contribution in [0.2, 0.25) is 0 Å². The topological polar surface area (TPSA) is 77.0 Å². The molecule has 0 spiro atoms. The average molecular weight is 259 g/mol. The Morgan fingerprint density at radius 1 is 1.37 bits per heavy atom. The summed E-state index contributed by atoms with van der Waals surface area (Å²) < 4.78 is 1.59. The molecule has 0 fully saturated rings. The molecule has 0 aliphatic heterocycles. The summed E-state index contributed by atoms with van der Waals surface area (Å²) in [6.45, 7) is 2.28. The van der Waals surface area contributed by atoms with Crippen LogP contribution >= 0.6 is 0 Å². The maximum Gasteiger partial charge on any atom is 0.273 e. The number of carbonyl (C=O) groups is 1. The van der Waals surface area contributed by atoms with E-state index in [1.54, 1.807) is 31.0 Å². The first-order chi connectivity index (χ1) is 9.02. The van der Waals surface area contributed by atoms with Crippen molar-refractivity contribution in [2.45, 2.75) is 13.5 Å². The molecule has 0 unspecified atom stereocenters. The van der Waals surface area contributed by atoms with E-state index in [2.05, 4.69) is 10.1 Å². The fourth-order valence-corrected chi connectivity index (χ4v) is 1.71. The molecule has 2 aromatic heterocycles. The van der Waals surface area contributed by atoms with Crippen LogP contribution in [0.25, 0.3) is 5.82 Å². The molecule has 1 amide bonds. The van der Waals surface area contributed by atoms with E-state index in [1.165, 1.54) is 4.90 Å². The summed E-state index contributed by atoms with van der Waals surface area (Å²) in [7, 11) is 3.38. The molecule has 2 N–H and O–H groups in total. The summed E-state index contributed by atoms with van der Waals surface area (Å²) in [4.78, 5) is 17.7. The molecular weight excluding hydrogens is 242 g/mol. The number of nitrogens with zero attached hydrogens (tertiary/aromatic N) is 4. The Morgan fingerprint density at radius 2 is 2.11 bits per heavy atom. The van der Waals surface area contributed by atoms with Gasteiger partial charge in [0.1, 0.15) is 0 Å². The monoisotopic (exact) mass is 259 g/mol. The number of amides is 1. The lowest BCUT2D eigenvalue weighted by Crippen LogP contribution is -2.22. The van der Waals surface area contributed by atoms with E-state index < -0.39 is 0 Å². The van der Waals surface area contributed by atoms with Crippen molar-refractivity contribution in [1.29, 1.82) is 0 Å². The highest BCUT2D eigenvalue weighted by molar-refractivity contribution is 5.91. The van der Waals surface area contributed by atoms with E-state index in [-0.39, 0.29) is 5.91 Å². The molecule has 2 heterocycles. The third-order valence-electron chi connectivity index (χ3n) is 2.75. The maximum absolute atomic E-state index is 11.8. The Bertz CT molecular complexity index is 603. The number of hydrogen-bond acceptors (Lipinski definition) is 4. The van der Waals surface area contributed by atoms with Gasteiger partial charge in [-0.1, -0.05) is 6.07 Å². The first kappa shape index (κ1) is 13.2. The number of aryl methyl sites for hydroxylation is 1. The lowest BCUT2D eigenvalue weighted by molar-refractivity contribution is 0.0821. The number of pyridine rings is 1. The van der Waals surface area contributed by atoms with Crippen LogP contribution in [0.3, 0.4) is 0 Å². The van der Waals surface area contributed by atoms with Crippen LogP contribution in [0.15, 0.2) is 24.4 Å². The van der Waals surface area contributed by atoms with Gasteiger partial charge in [0.05, 0.1) is 0 Å². The van der Waals surface area contributed by atoms with Gasteiger partial charge in [-0.05, 0) is 19.1 Å². The Morgan fingerprint density at radius 3 is 2.74 bits per heavy atom. The third kappa shape index (κ3) is 2.63. The van der Waals surface area contributed by atoms with E-state index in [9.17, 15) is 4.79 Å². The van der Waals surface area contributed by atoms with E-state index in [0.29, 0.717) is 18.1 Å². The number of aromatic nitrogens is 3. The lowest BCUT2D eigenvalue weighted by atomic mass is 10.2. The molecular formula is C13H17N5O. The molecule has 0 bridgehead atoms. The molecule has 0 saturated carbocycles. The largest absolute Gasteiger partial charge is 0.343 e. The van der Waals surface area contributed by atoms with Crippen LogP contribution in [0.5, 0.6) is 0 Å². The van der Waals surface area contributed by atoms with Crippen molar-refractivity contribution in [1.82, 2.24) is 19.7 Å². The van der Waals surface area contributed by atoms with Crippen molar-refractivity contribution in [3.8, 4) is 5.82 Å². The molecule has 0 aromatic carbocycles. The summed E-state index contributed by atoms with van der Waals surface area (Å²) in [5, 5.41) is 4.26. The van der Waals surface area contributed by atoms with Crippen molar-refractivity contribution < 1.29 is 4.79 Å². The quantitative estimate of drug-likeness (QED) is 0.881. The summed E-state index contributed by atoms with van der Waals surface area (Å²) >= 11 is 0. The van der Waals surface area contributed by atoms with Gasteiger partial charge in [-0.2, -0.15) is 5.10 Å². The zero-order chi connectivity index (χ0) is 14.0. The number of rotatable bonds is 3. The number of nitrogens with two attached hydrogens (primary N) is 1. The van der Waals surface area contributed by atoms with Gasteiger partial charge >= 0.3 is 0 Å². The third-order valence-corrected chi connectivity index (χ3v) is 2.75. The smallest absolute Gasteiger partial charge is 0.273 e. The minimum atomic E-state index is -0.138.